The average molecular weight is 374 g/mol. The fourth-order valence-electron chi connectivity index (χ4n) is 2.36. The van der Waals surface area contributed by atoms with Crippen molar-refractivity contribution in [3.05, 3.63) is 42.0 Å². The number of ether oxygens (including phenoxy) is 4. The second kappa shape index (κ2) is 9.33. The predicted octanol–water partition coefficient (Wildman–Crippen LogP) is 1.98. The van der Waals surface area contributed by atoms with Gasteiger partial charge in [0.05, 0.1) is 28.4 Å². The van der Waals surface area contributed by atoms with Crippen LogP contribution in [0.5, 0.6) is 23.0 Å². The summed E-state index contributed by atoms with van der Waals surface area (Å²) in [5.41, 5.74) is 1.18. The van der Waals surface area contributed by atoms with Crippen LogP contribution in [-0.2, 0) is 16.1 Å². The van der Waals surface area contributed by atoms with Crippen molar-refractivity contribution in [3.8, 4) is 23.0 Å². The molecule has 0 atom stereocenters. The number of carbonyl (C=O) groups excluding carboxylic acids is 2. The third-order valence-corrected chi connectivity index (χ3v) is 3.75. The highest BCUT2D eigenvalue weighted by Crippen LogP contribution is 2.30. The van der Waals surface area contributed by atoms with E-state index in [4.69, 9.17) is 18.9 Å². The van der Waals surface area contributed by atoms with Crippen molar-refractivity contribution < 1.29 is 28.5 Å². The standard InChI is InChI=1S/C19H22N2O6/c1-24-14-7-5-12(9-16(14)26-3)11-20-18(22)19(23)21-13-6-8-15(25-2)17(10-13)27-4/h5-10H,11H2,1-4H3,(H,20,22)(H,21,23). The zero-order valence-corrected chi connectivity index (χ0v) is 15.6. The normalized spacial score (nSPS) is 9.93. The highest BCUT2D eigenvalue weighted by atomic mass is 16.5. The van der Waals surface area contributed by atoms with E-state index >= 15 is 0 Å². The SMILES string of the molecule is COc1ccc(CNC(=O)C(=O)Nc2ccc(OC)c(OC)c2)cc1OC. The Morgan fingerprint density at radius 1 is 0.741 bits per heavy atom. The maximum Gasteiger partial charge on any atom is 0.313 e. The second-order valence-corrected chi connectivity index (χ2v) is 5.40. The first-order valence-corrected chi connectivity index (χ1v) is 8.04. The summed E-state index contributed by atoms with van der Waals surface area (Å²) in [6.45, 7) is 0.165. The molecule has 0 spiro atoms. The molecule has 0 aliphatic rings. The number of nitrogens with one attached hydrogen (secondary N) is 2. The topological polar surface area (TPSA) is 95.1 Å². The third kappa shape index (κ3) is 5.04. The molecule has 2 aromatic carbocycles. The Bertz CT molecular complexity index is 822. The molecular weight excluding hydrogens is 352 g/mol. The molecule has 0 aliphatic carbocycles. The van der Waals surface area contributed by atoms with Crippen LogP contribution < -0.4 is 29.6 Å². The molecule has 8 nitrogen and oxygen atoms in total. The number of methoxy groups -OCH3 is 4. The van der Waals surface area contributed by atoms with Gasteiger partial charge in [0.25, 0.3) is 0 Å². The molecule has 8 heteroatoms. The van der Waals surface area contributed by atoms with Crippen LogP contribution in [0.25, 0.3) is 0 Å². The lowest BCUT2D eigenvalue weighted by Gasteiger charge is -2.11. The Morgan fingerprint density at radius 2 is 1.30 bits per heavy atom. The highest BCUT2D eigenvalue weighted by molar-refractivity contribution is 6.39. The van der Waals surface area contributed by atoms with Crippen LogP contribution in [-0.4, -0.2) is 40.3 Å². The molecular formula is C19H22N2O6. The number of hydrogen-bond donors (Lipinski definition) is 2. The first-order valence-electron chi connectivity index (χ1n) is 8.04. The first-order chi connectivity index (χ1) is 13.0. The van der Waals surface area contributed by atoms with Gasteiger partial charge in [0, 0.05) is 18.3 Å². The van der Waals surface area contributed by atoms with Gasteiger partial charge in [-0.2, -0.15) is 0 Å². The van der Waals surface area contributed by atoms with Crippen LogP contribution in [0.1, 0.15) is 5.56 Å². The summed E-state index contributed by atoms with van der Waals surface area (Å²) in [6, 6.07) is 10.0. The van der Waals surface area contributed by atoms with Gasteiger partial charge in [-0.15, -0.1) is 0 Å². The molecule has 0 unspecified atom stereocenters. The summed E-state index contributed by atoms with van der Waals surface area (Å²) in [7, 11) is 6.06. The summed E-state index contributed by atoms with van der Waals surface area (Å²) in [5, 5.41) is 5.07. The van der Waals surface area contributed by atoms with Crippen LogP contribution >= 0.6 is 0 Å². The van der Waals surface area contributed by atoms with Gasteiger partial charge in [0.2, 0.25) is 0 Å². The monoisotopic (exact) mass is 374 g/mol. The summed E-state index contributed by atoms with van der Waals surface area (Å²) in [4.78, 5) is 24.1. The zero-order valence-electron chi connectivity index (χ0n) is 15.6. The zero-order chi connectivity index (χ0) is 19.8. The van der Waals surface area contributed by atoms with Crippen LogP contribution in [0, 0.1) is 0 Å². The minimum Gasteiger partial charge on any atom is -0.493 e. The molecule has 2 N–H and O–H groups in total. The number of carbonyl (C=O) groups is 2. The molecule has 27 heavy (non-hydrogen) atoms. The predicted molar refractivity (Wildman–Crippen MR) is 99.6 cm³/mol. The van der Waals surface area contributed by atoms with Gasteiger partial charge in [-0.05, 0) is 29.8 Å². The molecule has 0 fully saturated rings. The largest absolute Gasteiger partial charge is 0.493 e. The van der Waals surface area contributed by atoms with Gasteiger partial charge in [-0.3, -0.25) is 9.59 Å². The van der Waals surface area contributed by atoms with Crippen LogP contribution in [0.15, 0.2) is 36.4 Å². The fraction of sp³-hybridized carbons (Fsp3) is 0.263. The van der Waals surface area contributed by atoms with E-state index < -0.39 is 11.8 Å². The lowest BCUT2D eigenvalue weighted by atomic mass is 10.2. The van der Waals surface area contributed by atoms with Crippen molar-refractivity contribution in [2.24, 2.45) is 0 Å². The Labute approximate surface area is 157 Å². The van der Waals surface area contributed by atoms with Crippen LogP contribution in [0.3, 0.4) is 0 Å². The Balaban J connectivity index is 1.97. The Morgan fingerprint density at radius 3 is 1.89 bits per heavy atom. The minimum atomic E-state index is -0.789. The summed E-state index contributed by atoms with van der Waals surface area (Å²) >= 11 is 0. The molecule has 0 heterocycles. The molecule has 2 rings (SSSR count). The average Bonchev–Trinajstić information content (AvgIpc) is 2.71. The number of anilines is 1. The van der Waals surface area contributed by atoms with Gasteiger partial charge in [0.15, 0.2) is 23.0 Å². The number of benzene rings is 2. The van der Waals surface area contributed by atoms with E-state index in [0.717, 1.165) is 5.56 Å². The van der Waals surface area contributed by atoms with Crippen LogP contribution in [0.4, 0.5) is 5.69 Å². The highest BCUT2D eigenvalue weighted by Gasteiger charge is 2.15. The molecule has 0 aliphatic heterocycles. The van der Waals surface area contributed by atoms with E-state index in [9.17, 15) is 9.59 Å². The minimum absolute atomic E-state index is 0.165. The van der Waals surface area contributed by atoms with Crippen molar-refractivity contribution in [2.75, 3.05) is 33.8 Å². The summed E-state index contributed by atoms with van der Waals surface area (Å²) < 4.78 is 20.7. The first kappa shape index (κ1) is 19.9. The van der Waals surface area contributed by atoms with E-state index in [-0.39, 0.29) is 6.54 Å². The number of amides is 2. The number of hydrogen-bond acceptors (Lipinski definition) is 6. The molecule has 144 valence electrons. The van der Waals surface area contributed by atoms with Gasteiger partial charge in [0.1, 0.15) is 0 Å². The Kier molecular flexibility index (Phi) is 6.87. The van der Waals surface area contributed by atoms with E-state index in [2.05, 4.69) is 10.6 Å². The molecule has 0 aromatic heterocycles. The summed E-state index contributed by atoms with van der Waals surface area (Å²) in [6.07, 6.45) is 0. The molecule has 0 radical (unpaired) electrons. The van der Waals surface area contributed by atoms with E-state index in [1.807, 2.05) is 0 Å². The van der Waals surface area contributed by atoms with E-state index in [1.54, 1.807) is 36.4 Å². The molecule has 2 amide bonds. The van der Waals surface area contributed by atoms with Gasteiger partial charge in [-0.25, -0.2) is 0 Å². The maximum absolute atomic E-state index is 12.1. The quantitative estimate of drug-likeness (QED) is 0.720. The lowest BCUT2D eigenvalue weighted by Crippen LogP contribution is -2.34. The fourth-order valence-corrected chi connectivity index (χ4v) is 2.36. The maximum atomic E-state index is 12.1. The molecule has 0 saturated heterocycles. The van der Waals surface area contributed by atoms with Crippen molar-refractivity contribution in [1.29, 1.82) is 0 Å². The van der Waals surface area contributed by atoms with Crippen LogP contribution in [0.2, 0.25) is 0 Å². The van der Waals surface area contributed by atoms with Gasteiger partial charge < -0.3 is 29.6 Å². The van der Waals surface area contributed by atoms with Gasteiger partial charge in [-0.1, -0.05) is 6.07 Å². The number of rotatable bonds is 7. The molecule has 0 saturated carbocycles. The van der Waals surface area contributed by atoms with Gasteiger partial charge >= 0.3 is 11.8 Å². The summed E-state index contributed by atoms with van der Waals surface area (Å²) in [5.74, 6) is 0.537. The van der Waals surface area contributed by atoms with Crippen molar-refractivity contribution in [2.45, 2.75) is 6.54 Å². The van der Waals surface area contributed by atoms with Crippen molar-refractivity contribution in [1.82, 2.24) is 5.32 Å². The van der Waals surface area contributed by atoms with Crippen molar-refractivity contribution >= 4 is 17.5 Å². The van der Waals surface area contributed by atoms with E-state index in [1.165, 1.54) is 28.4 Å². The molecule has 2 aromatic rings. The third-order valence-electron chi connectivity index (χ3n) is 3.75. The van der Waals surface area contributed by atoms with E-state index in [0.29, 0.717) is 28.7 Å². The Hall–Kier alpha value is -3.42. The molecule has 0 bridgehead atoms. The smallest absolute Gasteiger partial charge is 0.313 e. The second-order valence-electron chi connectivity index (χ2n) is 5.40. The lowest BCUT2D eigenvalue weighted by molar-refractivity contribution is -0.136. The van der Waals surface area contributed by atoms with Crippen molar-refractivity contribution in [3.63, 3.8) is 0 Å².